The molecular formula is C10H12N2O3. The van der Waals surface area contributed by atoms with Crippen LogP contribution in [0.5, 0.6) is 5.75 Å². The number of nitrogen functional groups attached to an aromatic ring is 1. The molecule has 1 atom stereocenters. The largest absolute Gasteiger partial charge is 0.490 e. The molecule has 5 heteroatoms. The fraction of sp³-hybridized carbons (Fsp3) is 0.400. The first-order chi connectivity index (χ1) is 7.08. The van der Waals surface area contributed by atoms with E-state index in [2.05, 4.69) is 0 Å². The van der Waals surface area contributed by atoms with E-state index in [1.165, 1.54) is 6.07 Å². The minimum Gasteiger partial charge on any atom is -0.490 e. The average Bonchev–Trinajstić information content (AvgIpc) is 2.17. The molecule has 0 bridgehead atoms. The molecule has 0 amide bonds. The second kappa shape index (κ2) is 3.42. The third-order valence-corrected chi connectivity index (χ3v) is 2.55. The second-order valence-corrected chi connectivity index (χ2v) is 3.74. The number of hydrogen-bond donors (Lipinski definition) is 1. The third kappa shape index (κ3) is 1.72. The van der Waals surface area contributed by atoms with E-state index in [0.717, 1.165) is 18.4 Å². The lowest BCUT2D eigenvalue weighted by Gasteiger charge is -2.23. The average molecular weight is 208 g/mol. The Hall–Kier alpha value is -1.78. The fourth-order valence-corrected chi connectivity index (χ4v) is 1.73. The third-order valence-electron chi connectivity index (χ3n) is 2.55. The van der Waals surface area contributed by atoms with Gasteiger partial charge in [-0.1, -0.05) is 0 Å². The van der Waals surface area contributed by atoms with Gasteiger partial charge >= 0.3 is 0 Å². The van der Waals surface area contributed by atoms with E-state index < -0.39 is 4.92 Å². The minimum absolute atomic E-state index is 0.0807. The number of nitrogens with zero attached hydrogens (tertiary/aromatic N) is 1. The Morgan fingerprint density at radius 1 is 1.60 bits per heavy atom. The predicted octanol–water partition coefficient (Wildman–Crippen LogP) is 1.89. The smallest absolute Gasteiger partial charge is 0.295 e. The molecule has 2 N–H and O–H groups in total. The van der Waals surface area contributed by atoms with E-state index in [-0.39, 0.29) is 17.5 Å². The Kier molecular flexibility index (Phi) is 2.22. The van der Waals surface area contributed by atoms with Gasteiger partial charge in [-0.2, -0.15) is 0 Å². The van der Waals surface area contributed by atoms with E-state index in [4.69, 9.17) is 10.5 Å². The molecule has 0 aromatic heterocycles. The van der Waals surface area contributed by atoms with Gasteiger partial charge in [0.15, 0.2) is 0 Å². The van der Waals surface area contributed by atoms with Crippen LogP contribution in [0.25, 0.3) is 0 Å². The van der Waals surface area contributed by atoms with Crippen molar-refractivity contribution in [3.8, 4) is 5.75 Å². The standard InChI is InChI=1S/C10H12N2O3/c1-6-2-3-7-4-8(11)9(12(13)14)5-10(7)15-6/h4-6H,2-3,11H2,1H3. The number of nitro groups is 1. The maximum Gasteiger partial charge on any atom is 0.295 e. The maximum atomic E-state index is 10.7. The van der Waals surface area contributed by atoms with Gasteiger partial charge in [0.25, 0.3) is 5.69 Å². The van der Waals surface area contributed by atoms with Gasteiger partial charge in [0, 0.05) is 0 Å². The molecule has 80 valence electrons. The van der Waals surface area contributed by atoms with Gasteiger partial charge in [-0.05, 0) is 31.4 Å². The van der Waals surface area contributed by atoms with E-state index in [1.807, 2.05) is 6.92 Å². The highest BCUT2D eigenvalue weighted by Crippen LogP contribution is 2.35. The number of rotatable bonds is 1. The van der Waals surface area contributed by atoms with Crippen LogP contribution in [0.4, 0.5) is 11.4 Å². The molecule has 0 radical (unpaired) electrons. The SMILES string of the molecule is CC1CCc2cc(N)c([N+](=O)[O-])cc2O1. The zero-order valence-electron chi connectivity index (χ0n) is 8.40. The van der Waals surface area contributed by atoms with Crippen molar-refractivity contribution in [3.05, 3.63) is 27.8 Å². The molecule has 0 saturated heterocycles. The monoisotopic (exact) mass is 208 g/mol. The van der Waals surface area contributed by atoms with Crippen LogP contribution in [0.2, 0.25) is 0 Å². The molecule has 0 fully saturated rings. The van der Waals surface area contributed by atoms with E-state index >= 15 is 0 Å². The number of hydrogen-bond acceptors (Lipinski definition) is 4. The first-order valence-electron chi connectivity index (χ1n) is 4.81. The van der Waals surface area contributed by atoms with Gasteiger partial charge in [0.05, 0.1) is 17.1 Å². The molecule has 1 aliphatic rings. The van der Waals surface area contributed by atoms with Crippen molar-refractivity contribution >= 4 is 11.4 Å². The maximum absolute atomic E-state index is 10.7. The minimum atomic E-state index is -0.488. The number of fused-ring (bicyclic) bond motifs is 1. The molecule has 1 aromatic rings. The summed E-state index contributed by atoms with van der Waals surface area (Å²) in [5, 5.41) is 10.7. The zero-order valence-corrected chi connectivity index (χ0v) is 8.40. The molecule has 5 nitrogen and oxygen atoms in total. The number of nitrogens with two attached hydrogens (primary N) is 1. The lowest BCUT2D eigenvalue weighted by molar-refractivity contribution is -0.384. The Labute approximate surface area is 87.0 Å². The van der Waals surface area contributed by atoms with Crippen LogP contribution in [0.3, 0.4) is 0 Å². The summed E-state index contributed by atoms with van der Waals surface area (Å²) in [6.45, 7) is 1.95. The molecule has 0 spiro atoms. The summed E-state index contributed by atoms with van der Waals surface area (Å²) in [6, 6.07) is 3.06. The first-order valence-corrected chi connectivity index (χ1v) is 4.81. The highest BCUT2D eigenvalue weighted by atomic mass is 16.6. The molecular weight excluding hydrogens is 196 g/mol. The lowest BCUT2D eigenvalue weighted by atomic mass is 10.0. The Bertz CT molecular complexity index is 417. The quantitative estimate of drug-likeness (QED) is 0.434. The summed E-state index contributed by atoms with van der Waals surface area (Å²) < 4.78 is 5.52. The van der Waals surface area contributed by atoms with Gasteiger partial charge in [-0.3, -0.25) is 10.1 Å². The van der Waals surface area contributed by atoms with Crippen LogP contribution in [0.15, 0.2) is 12.1 Å². The van der Waals surface area contributed by atoms with Crippen molar-refractivity contribution in [1.82, 2.24) is 0 Å². The van der Waals surface area contributed by atoms with Crippen molar-refractivity contribution in [2.45, 2.75) is 25.9 Å². The topological polar surface area (TPSA) is 78.4 Å². The second-order valence-electron chi connectivity index (χ2n) is 3.74. The van der Waals surface area contributed by atoms with Crippen molar-refractivity contribution < 1.29 is 9.66 Å². The van der Waals surface area contributed by atoms with Gasteiger partial charge in [0.1, 0.15) is 11.4 Å². The van der Waals surface area contributed by atoms with Crippen LogP contribution in [-0.4, -0.2) is 11.0 Å². The molecule has 2 rings (SSSR count). The number of anilines is 1. The summed E-state index contributed by atoms with van der Waals surface area (Å²) in [5.74, 6) is 0.592. The summed E-state index contributed by atoms with van der Waals surface area (Å²) in [7, 11) is 0. The van der Waals surface area contributed by atoms with Crippen molar-refractivity contribution in [3.63, 3.8) is 0 Å². The van der Waals surface area contributed by atoms with Crippen LogP contribution < -0.4 is 10.5 Å². The van der Waals surface area contributed by atoms with Crippen molar-refractivity contribution in [2.24, 2.45) is 0 Å². The van der Waals surface area contributed by atoms with Crippen LogP contribution in [-0.2, 0) is 6.42 Å². The van der Waals surface area contributed by atoms with Gasteiger partial charge in [-0.25, -0.2) is 0 Å². The normalized spacial score (nSPS) is 19.1. The molecule has 0 saturated carbocycles. The summed E-state index contributed by atoms with van der Waals surface area (Å²) >= 11 is 0. The van der Waals surface area contributed by atoms with Crippen LogP contribution in [0.1, 0.15) is 18.9 Å². The molecule has 0 aliphatic carbocycles. The molecule has 1 unspecified atom stereocenters. The first kappa shape index (κ1) is 9.76. The van der Waals surface area contributed by atoms with Gasteiger partial charge < -0.3 is 10.5 Å². The summed E-state index contributed by atoms with van der Waals surface area (Å²) in [5.41, 5.74) is 6.66. The number of nitro benzene ring substituents is 1. The molecule has 15 heavy (non-hydrogen) atoms. The molecule has 1 aromatic carbocycles. The van der Waals surface area contributed by atoms with Crippen LogP contribution in [0, 0.1) is 10.1 Å². The molecule has 1 heterocycles. The van der Waals surface area contributed by atoms with Crippen LogP contribution >= 0.6 is 0 Å². The number of ether oxygens (including phenoxy) is 1. The van der Waals surface area contributed by atoms with Crippen molar-refractivity contribution in [1.29, 1.82) is 0 Å². The van der Waals surface area contributed by atoms with Gasteiger partial charge in [-0.15, -0.1) is 0 Å². The summed E-state index contributed by atoms with van der Waals surface area (Å²) in [4.78, 5) is 10.2. The highest BCUT2D eigenvalue weighted by Gasteiger charge is 2.21. The predicted molar refractivity (Wildman–Crippen MR) is 55.9 cm³/mol. The Balaban J connectivity index is 2.47. The molecule has 1 aliphatic heterocycles. The highest BCUT2D eigenvalue weighted by molar-refractivity contribution is 5.63. The van der Waals surface area contributed by atoms with Crippen molar-refractivity contribution in [2.75, 3.05) is 5.73 Å². The number of aryl methyl sites for hydroxylation is 1. The summed E-state index contributed by atoms with van der Waals surface area (Å²) in [6.07, 6.45) is 1.89. The fourth-order valence-electron chi connectivity index (χ4n) is 1.73. The Morgan fingerprint density at radius 3 is 3.00 bits per heavy atom. The Morgan fingerprint density at radius 2 is 2.33 bits per heavy atom. The van der Waals surface area contributed by atoms with E-state index in [0.29, 0.717) is 5.75 Å². The van der Waals surface area contributed by atoms with E-state index in [9.17, 15) is 10.1 Å². The van der Waals surface area contributed by atoms with E-state index in [1.54, 1.807) is 6.07 Å². The van der Waals surface area contributed by atoms with Gasteiger partial charge in [0.2, 0.25) is 0 Å². The lowest BCUT2D eigenvalue weighted by Crippen LogP contribution is -2.19. The zero-order chi connectivity index (χ0) is 11.0. The number of benzene rings is 1.